The Morgan fingerprint density at radius 2 is 2.09 bits per heavy atom. The molecule has 1 aromatic carbocycles. The fourth-order valence-electron chi connectivity index (χ4n) is 5.43. The molecule has 35 heavy (non-hydrogen) atoms. The molecule has 0 radical (unpaired) electrons. The minimum Gasteiger partial charge on any atom is -0.381 e. The largest absolute Gasteiger partial charge is 0.381 e. The van der Waals surface area contributed by atoms with Crippen LogP contribution < -0.4 is 15.5 Å². The number of hydrogen-bond donors (Lipinski definition) is 2. The molecule has 0 spiro atoms. The topological polar surface area (TPSA) is 74.7 Å². The Morgan fingerprint density at radius 3 is 2.83 bits per heavy atom. The van der Waals surface area contributed by atoms with E-state index in [-0.39, 0.29) is 17.9 Å². The van der Waals surface area contributed by atoms with Gasteiger partial charge in [0.05, 0.1) is 18.2 Å². The van der Waals surface area contributed by atoms with E-state index < -0.39 is 0 Å². The number of likely N-dealkylation sites (N-methyl/N-ethyl adjacent to an activating group) is 2. The number of carbonyl (C=O) groups excluding carboxylic acids is 1. The van der Waals surface area contributed by atoms with E-state index in [2.05, 4.69) is 70.8 Å². The van der Waals surface area contributed by atoms with Gasteiger partial charge < -0.3 is 25.2 Å². The summed E-state index contributed by atoms with van der Waals surface area (Å²) in [5.41, 5.74) is 3.59. The maximum atomic E-state index is 13.5. The molecule has 0 aliphatic carbocycles. The fraction of sp³-hybridized carbons (Fsp3) is 0.630. The summed E-state index contributed by atoms with van der Waals surface area (Å²) in [6.07, 6.45) is 4.69. The van der Waals surface area contributed by atoms with E-state index in [9.17, 15) is 4.79 Å². The summed E-state index contributed by atoms with van der Waals surface area (Å²) in [5.74, 6) is 1.48. The minimum absolute atomic E-state index is 0.117. The molecular weight excluding hydrogens is 440 g/mol. The van der Waals surface area contributed by atoms with Gasteiger partial charge in [-0.2, -0.15) is 5.10 Å². The Morgan fingerprint density at radius 1 is 1.29 bits per heavy atom. The van der Waals surface area contributed by atoms with Gasteiger partial charge in [0.1, 0.15) is 5.82 Å². The second-order valence-electron chi connectivity index (χ2n) is 10.0. The number of ether oxygens (including phenoxy) is 1. The third-order valence-corrected chi connectivity index (χ3v) is 7.53. The molecule has 2 N–H and O–H groups in total. The summed E-state index contributed by atoms with van der Waals surface area (Å²) in [4.78, 5) is 18.1. The van der Waals surface area contributed by atoms with Crippen LogP contribution in [0.4, 0.5) is 5.82 Å². The monoisotopic (exact) mass is 482 g/mol. The van der Waals surface area contributed by atoms with Crippen LogP contribution in [0.2, 0.25) is 0 Å². The van der Waals surface area contributed by atoms with Crippen LogP contribution in [0.15, 0.2) is 30.5 Å². The predicted molar refractivity (Wildman–Crippen MR) is 140 cm³/mol. The van der Waals surface area contributed by atoms with Gasteiger partial charge in [-0.3, -0.25) is 4.79 Å². The van der Waals surface area contributed by atoms with Crippen LogP contribution in [0.5, 0.6) is 0 Å². The highest BCUT2D eigenvalue weighted by atomic mass is 16.5. The minimum atomic E-state index is -0.201. The van der Waals surface area contributed by atoms with E-state index in [0.29, 0.717) is 5.92 Å². The number of nitrogens with zero attached hydrogens (tertiary/aromatic N) is 4. The molecule has 2 unspecified atom stereocenters. The summed E-state index contributed by atoms with van der Waals surface area (Å²) >= 11 is 0. The smallest absolute Gasteiger partial charge is 0.227 e. The van der Waals surface area contributed by atoms with Crippen molar-refractivity contribution in [2.24, 2.45) is 5.92 Å². The number of aromatic nitrogens is 2. The van der Waals surface area contributed by atoms with Gasteiger partial charge in [-0.05, 0) is 57.3 Å². The Bertz CT molecular complexity index is 970. The number of nitrogens with one attached hydrogen (secondary N) is 2. The summed E-state index contributed by atoms with van der Waals surface area (Å²) in [7, 11) is 6.28. The van der Waals surface area contributed by atoms with E-state index in [0.717, 1.165) is 76.6 Å². The van der Waals surface area contributed by atoms with E-state index in [1.807, 2.05) is 17.9 Å². The zero-order chi connectivity index (χ0) is 24.8. The van der Waals surface area contributed by atoms with Crippen LogP contribution in [0.1, 0.15) is 54.8 Å². The van der Waals surface area contributed by atoms with Crippen molar-refractivity contribution in [1.29, 1.82) is 0 Å². The highest BCUT2D eigenvalue weighted by Gasteiger charge is 2.38. The molecule has 0 bridgehead atoms. The first-order valence-corrected chi connectivity index (χ1v) is 13.1. The standard InChI is InChI=1S/C27H42N6O2/c1-5-33-27-24(18-30-33)23(26(34)29-17-20-9-13-35-14-10-20)16-25(32(27)4)22-8-6-7-21(15-22)19-31(3)12-11-28-2/h6-8,15,18,20,23,25,28H,5,9-14,16-17,19H2,1-4H3,(H,29,34). The molecule has 2 aromatic rings. The van der Waals surface area contributed by atoms with E-state index in [1.165, 1.54) is 11.1 Å². The van der Waals surface area contributed by atoms with Gasteiger partial charge in [-0.1, -0.05) is 24.3 Å². The van der Waals surface area contributed by atoms with Gasteiger partial charge in [0.25, 0.3) is 0 Å². The predicted octanol–water partition coefficient (Wildman–Crippen LogP) is 2.76. The third-order valence-electron chi connectivity index (χ3n) is 7.53. The fourth-order valence-corrected chi connectivity index (χ4v) is 5.43. The first-order chi connectivity index (χ1) is 17.0. The number of rotatable bonds is 10. The zero-order valence-corrected chi connectivity index (χ0v) is 21.8. The van der Waals surface area contributed by atoms with Gasteiger partial charge in [0.15, 0.2) is 0 Å². The molecule has 0 saturated carbocycles. The molecular formula is C27H42N6O2. The molecule has 8 nitrogen and oxygen atoms in total. The maximum absolute atomic E-state index is 13.5. The van der Waals surface area contributed by atoms with Crippen molar-refractivity contribution < 1.29 is 9.53 Å². The number of aryl methyl sites for hydroxylation is 1. The SMILES string of the molecule is CCn1ncc2c1N(C)C(c1cccc(CN(C)CCNC)c1)CC2C(=O)NCC1CCOCC1. The Labute approximate surface area is 210 Å². The van der Waals surface area contributed by atoms with Gasteiger partial charge in [0, 0.05) is 58.5 Å². The summed E-state index contributed by atoms with van der Waals surface area (Å²) in [5, 5.41) is 11.1. The Kier molecular flexibility index (Phi) is 8.81. The van der Waals surface area contributed by atoms with Gasteiger partial charge >= 0.3 is 0 Å². The number of anilines is 1. The van der Waals surface area contributed by atoms with Crippen LogP contribution in [-0.4, -0.2) is 74.6 Å². The average molecular weight is 483 g/mol. The summed E-state index contributed by atoms with van der Waals surface area (Å²) in [6.45, 7) is 8.07. The van der Waals surface area contributed by atoms with Crippen LogP contribution in [0.3, 0.4) is 0 Å². The number of hydrogen-bond acceptors (Lipinski definition) is 6. The lowest BCUT2D eigenvalue weighted by molar-refractivity contribution is -0.123. The molecule has 192 valence electrons. The number of carbonyl (C=O) groups is 1. The Hall–Kier alpha value is -2.42. The molecule has 2 aliphatic heterocycles. The molecule has 4 rings (SSSR count). The van der Waals surface area contributed by atoms with Gasteiger partial charge in [-0.15, -0.1) is 0 Å². The molecule has 2 atom stereocenters. The molecule has 1 amide bonds. The van der Waals surface area contributed by atoms with Crippen molar-refractivity contribution in [1.82, 2.24) is 25.3 Å². The number of fused-ring (bicyclic) bond motifs is 1. The van der Waals surface area contributed by atoms with E-state index >= 15 is 0 Å². The summed E-state index contributed by atoms with van der Waals surface area (Å²) < 4.78 is 7.50. The van der Waals surface area contributed by atoms with E-state index in [4.69, 9.17) is 4.74 Å². The first-order valence-electron chi connectivity index (χ1n) is 13.1. The lowest BCUT2D eigenvalue weighted by Crippen LogP contribution is -2.40. The summed E-state index contributed by atoms with van der Waals surface area (Å²) in [6, 6.07) is 8.98. The van der Waals surface area contributed by atoms with Crippen molar-refractivity contribution in [2.75, 3.05) is 58.9 Å². The van der Waals surface area contributed by atoms with E-state index in [1.54, 1.807) is 0 Å². The number of amides is 1. The van der Waals surface area contributed by atoms with Gasteiger partial charge in [0.2, 0.25) is 5.91 Å². The average Bonchev–Trinajstić information content (AvgIpc) is 3.32. The van der Waals surface area contributed by atoms with Crippen molar-refractivity contribution in [3.05, 3.63) is 47.2 Å². The molecule has 8 heteroatoms. The van der Waals surface area contributed by atoms with Crippen molar-refractivity contribution >= 4 is 11.7 Å². The molecule has 3 heterocycles. The highest BCUT2D eigenvalue weighted by Crippen LogP contribution is 2.44. The van der Waals surface area contributed by atoms with Gasteiger partial charge in [-0.25, -0.2) is 4.68 Å². The lowest BCUT2D eigenvalue weighted by Gasteiger charge is -2.39. The second kappa shape index (κ2) is 12.0. The highest BCUT2D eigenvalue weighted by molar-refractivity contribution is 5.86. The van der Waals surface area contributed by atoms with Crippen molar-refractivity contribution in [3.8, 4) is 0 Å². The number of benzene rings is 1. The normalized spacial score (nSPS) is 20.8. The third kappa shape index (κ3) is 6.05. The lowest BCUT2D eigenvalue weighted by atomic mass is 9.84. The van der Waals surface area contributed by atoms with Crippen LogP contribution in [0.25, 0.3) is 0 Å². The molecule has 1 fully saturated rings. The maximum Gasteiger partial charge on any atom is 0.227 e. The quantitative estimate of drug-likeness (QED) is 0.543. The molecule has 1 aromatic heterocycles. The molecule has 1 saturated heterocycles. The molecule has 2 aliphatic rings. The second-order valence-corrected chi connectivity index (χ2v) is 10.0. The van der Waals surface area contributed by atoms with Crippen LogP contribution in [-0.2, 0) is 22.6 Å². The van der Waals surface area contributed by atoms with Crippen LogP contribution >= 0.6 is 0 Å². The Balaban J connectivity index is 1.54. The van der Waals surface area contributed by atoms with Crippen molar-refractivity contribution in [3.63, 3.8) is 0 Å². The zero-order valence-electron chi connectivity index (χ0n) is 21.8. The first kappa shape index (κ1) is 25.7. The van der Waals surface area contributed by atoms with Crippen molar-refractivity contribution in [2.45, 2.75) is 51.2 Å². The van der Waals surface area contributed by atoms with Crippen LogP contribution in [0, 0.1) is 5.92 Å².